The van der Waals surface area contributed by atoms with Crippen molar-refractivity contribution >= 4 is 23.5 Å². The molecule has 1 aliphatic rings. The third kappa shape index (κ3) is 2.24. The third-order valence-corrected chi connectivity index (χ3v) is 4.87. The molecule has 0 amide bonds. The molecule has 0 spiro atoms. The predicted octanol–water partition coefficient (Wildman–Crippen LogP) is 3.15. The first-order valence-electron chi connectivity index (χ1n) is 3.70. The fourth-order valence-electron chi connectivity index (χ4n) is 0.887. The molecule has 0 radical (unpaired) electrons. The lowest BCUT2D eigenvalue weighted by atomic mass is 10.3. The van der Waals surface area contributed by atoms with Crippen LogP contribution in [0.25, 0.3) is 0 Å². The topological polar surface area (TPSA) is 0 Å². The van der Waals surface area contributed by atoms with E-state index in [-0.39, 0.29) is 0 Å². The molecule has 0 atom stereocenters. The molecule has 1 fully saturated rings. The predicted molar refractivity (Wildman–Crippen MR) is 52.8 cm³/mol. The van der Waals surface area contributed by atoms with Crippen LogP contribution < -0.4 is 0 Å². The molecule has 0 aromatic heterocycles. The summed E-state index contributed by atoms with van der Waals surface area (Å²) in [4.78, 5) is 0. The van der Waals surface area contributed by atoms with Crippen LogP contribution in [0.5, 0.6) is 0 Å². The van der Waals surface area contributed by atoms with E-state index in [4.69, 9.17) is 0 Å². The van der Waals surface area contributed by atoms with Crippen LogP contribution in [0.1, 0.15) is 20.3 Å². The minimum absolute atomic E-state index is 0.763. The van der Waals surface area contributed by atoms with E-state index in [1.165, 1.54) is 23.5 Å². The van der Waals surface area contributed by atoms with Crippen LogP contribution in [0.4, 0.5) is 0 Å². The lowest BCUT2D eigenvalue weighted by molar-refractivity contribution is 1.10. The van der Waals surface area contributed by atoms with Crippen molar-refractivity contribution in [3.05, 3.63) is 11.6 Å². The number of hydrogen-bond acceptors (Lipinski definition) is 2. The summed E-state index contributed by atoms with van der Waals surface area (Å²) in [6.07, 6.45) is 3.62. The van der Waals surface area contributed by atoms with Gasteiger partial charge in [0.05, 0.1) is 4.58 Å². The fourth-order valence-corrected chi connectivity index (χ4v) is 3.88. The average molecular weight is 174 g/mol. The summed E-state index contributed by atoms with van der Waals surface area (Å²) < 4.78 is 0.763. The second-order valence-corrected chi connectivity index (χ2v) is 5.18. The minimum Gasteiger partial charge on any atom is -0.143 e. The van der Waals surface area contributed by atoms with Gasteiger partial charge in [-0.25, -0.2) is 0 Å². The second-order valence-electron chi connectivity index (χ2n) is 2.46. The van der Waals surface area contributed by atoms with Crippen molar-refractivity contribution in [1.82, 2.24) is 0 Å². The highest BCUT2D eigenvalue weighted by molar-refractivity contribution is 8.17. The van der Waals surface area contributed by atoms with Crippen molar-refractivity contribution in [2.75, 3.05) is 11.5 Å². The molecule has 1 aliphatic heterocycles. The Labute approximate surface area is 71.8 Å². The summed E-state index contributed by atoms with van der Waals surface area (Å²) in [6.45, 7) is 4.36. The van der Waals surface area contributed by atoms with Gasteiger partial charge in [0.1, 0.15) is 0 Å². The summed E-state index contributed by atoms with van der Waals surface area (Å²) in [5, 5.41) is 0. The number of hydrogen-bond donors (Lipinski definition) is 0. The monoisotopic (exact) mass is 174 g/mol. The zero-order valence-electron chi connectivity index (χ0n) is 6.59. The molecule has 0 nitrogen and oxygen atoms in total. The molecule has 0 aromatic carbocycles. The fraction of sp³-hybridized carbons (Fsp3) is 0.750. The van der Waals surface area contributed by atoms with Gasteiger partial charge in [-0.05, 0) is 31.8 Å². The molecule has 1 saturated heterocycles. The highest BCUT2D eigenvalue weighted by Gasteiger charge is 2.14. The summed E-state index contributed by atoms with van der Waals surface area (Å²) in [6, 6.07) is 0. The first-order valence-corrected chi connectivity index (χ1v) is 5.80. The van der Waals surface area contributed by atoms with Gasteiger partial charge in [0.2, 0.25) is 0 Å². The molecule has 0 bridgehead atoms. The Bertz CT molecular complexity index is 123. The van der Waals surface area contributed by atoms with Gasteiger partial charge in [-0.15, -0.1) is 23.5 Å². The van der Waals surface area contributed by atoms with Gasteiger partial charge in [-0.3, -0.25) is 0 Å². The Morgan fingerprint density at radius 1 is 1.40 bits per heavy atom. The van der Waals surface area contributed by atoms with Crippen molar-refractivity contribution in [3.8, 4) is 0 Å². The number of allylic oxidation sites excluding steroid dienone is 1. The van der Waals surface area contributed by atoms with Crippen molar-refractivity contribution < 1.29 is 0 Å². The van der Waals surface area contributed by atoms with E-state index in [9.17, 15) is 0 Å². The lowest BCUT2D eigenvalue weighted by Crippen LogP contribution is -2.07. The first-order chi connectivity index (χ1) is 4.84. The summed E-state index contributed by atoms with van der Waals surface area (Å²) in [5.41, 5.74) is 1.54. The standard InChI is InChI=1S/C8H14S2/c1-3-7(2)8-9-5-4-6-10-8/h3,8H,4-6H2,1-2H3/b7-3+. The van der Waals surface area contributed by atoms with Gasteiger partial charge >= 0.3 is 0 Å². The molecule has 10 heavy (non-hydrogen) atoms. The van der Waals surface area contributed by atoms with Crippen LogP contribution in [-0.2, 0) is 0 Å². The van der Waals surface area contributed by atoms with Crippen molar-refractivity contribution in [2.24, 2.45) is 0 Å². The van der Waals surface area contributed by atoms with Crippen LogP contribution >= 0.6 is 23.5 Å². The minimum atomic E-state index is 0.763. The average Bonchev–Trinajstić information content (AvgIpc) is 2.05. The van der Waals surface area contributed by atoms with E-state index >= 15 is 0 Å². The molecule has 2 heteroatoms. The van der Waals surface area contributed by atoms with Crippen LogP contribution in [0.15, 0.2) is 11.6 Å². The Morgan fingerprint density at radius 2 is 2.00 bits per heavy atom. The van der Waals surface area contributed by atoms with Crippen LogP contribution in [0, 0.1) is 0 Å². The normalized spacial score (nSPS) is 23.2. The maximum Gasteiger partial charge on any atom is 0.0708 e. The molecule has 0 aliphatic carbocycles. The number of rotatable bonds is 1. The number of thioether (sulfide) groups is 2. The Kier molecular flexibility index (Phi) is 3.71. The second kappa shape index (κ2) is 4.35. The van der Waals surface area contributed by atoms with Crippen LogP contribution in [0.2, 0.25) is 0 Å². The van der Waals surface area contributed by atoms with Gasteiger partial charge in [0.25, 0.3) is 0 Å². The van der Waals surface area contributed by atoms with E-state index in [0.29, 0.717) is 0 Å². The van der Waals surface area contributed by atoms with Crippen LogP contribution in [0.3, 0.4) is 0 Å². The van der Waals surface area contributed by atoms with Crippen LogP contribution in [-0.4, -0.2) is 16.1 Å². The van der Waals surface area contributed by atoms with Gasteiger partial charge in [-0.1, -0.05) is 11.6 Å². The molecule has 0 N–H and O–H groups in total. The van der Waals surface area contributed by atoms with Gasteiger partial charge in [-0.2, -0.15) is 0 Å². The largest absolute Gasteiger partial charge is 0.143 e. The highest BCUT2D eigenvalue weighted by atomic mass is 32.2. The van der Waals surface area contributed by atoms with Gasteiger partial charge in [0.15, 0.2) is 0 Å². The zero-order chi connectivity index (χ0) is 7.40. The maximum absolute atomic E-state index is 2.23. The Morgan fingerprint density at radius 3 is 2.50 bits per heavy atom. The summed E-state index contributed by atoms with van der Waals surface area (Å²) in [5.74, 6) is 2.70. The third-order valence-electron chi connectivity index (χ3n) is 1.65. The molecule has 1 heterocycles. The maximum atomic E-state index is 2.23. The van der Waals surface area contributed by atoms with Crippen molar-refractivity contribution in [1.29, 1.82) is 0 Å². The highest BCUT2D eigenvalue weighted by Crippen LogP contribution is 2.35. The van der Waals surface area contributed by atoms with Gasteiger partial charge in [0, 0.05) is 0 Å². The summed E-state index contributed by atoms with van der Waals surface area (Å²) in [7, 11) is 0. The SMILES string of the molecule is C/C=C(\C)C1SCCCS1. The Balaban J connectivity index is 2.39. The molecule has 0 unspecified atom stereocenters. The zero-order valence-corrected chi connectivity index (χ0v) is 8.23. The molecule has 1 rings (SSSR count). The van der Waals surface area contributed by atoms with E-state index < -0.39 is 0 Å². The lowest BCUT2D eigenvalue weighted by Gasteiger charge is -2.21. The smallest absolute Gasteiger partial charge is 0.0708 e. The van der Waals surface area contributed by atoms with E-state index in [1.807, 2.05) is 0 Å². The Hall–Kier alpha value is 0.440. The van der Waals surface area contributed by atoms with E-state index in [1.54, 1.807) is 0 Å². The molecular weight excluding hydrogens is 160 g/mol. The van der Waals surface area contributed by atoms with Crippen molar-refractivity contribution in [3.63, 3.8) is 0 Å². The molecule has 58 valence electrons. The molecule has 0 saturated carbocycles. The quantitative estimate of drug-likeness (QED) is 0.560. The molecular formula is C8H14S2. The first kappa shape index (κ1) is 8.54. The van der Waals surface area contributed by atoms with Gasteiger partial charge < -0.3 is 0 Å². The summed E-state index contributed by atoms with van der Waals surface area (Å²) >= 11 is 4.18. The molecule has 0 aromatic rings. The van der Waals surface area contributed by atoms with Crippen molar-refractivity contribution in [2.45, 2.75) is 24.9 Å². The van der Waals surface area contributed by atoms with E-state index in [0.717, 1.165) is 4.58 Å². The van der Waals surface area contributed by atoms with E-state index in [2.05, 4.69) is 43.4 Å².